The molecule has 82 valence electrons. The third kappa shape index (κ3) is 6.63. The molecule has 0 aliphatic heterocycles. The van der Waals surface area contributed by atoms with Gasteiger partial charge in [0.15, 0.2) is 0 Å². The van der Waals surface area contributed by atoms with Gasteiger partial charge < -0.3 is 5.11 Å². The summed E-state index contributed by atoms with van der Waals surface area (Å²) in [5.41, 5.74) is 0. The predicted molar refractivity (Wildman–Crippen MR) is 55.1 cm³/mol. The van der Waals surface area contributed by atoms with Crippen LogP contribution in [-0.2, 0) is 9.59 Å². The zero-order chi connectivity index (χ0) is 11.1. The summed E-state index contributed by atoms with van der Waals surface area (Å²) in [6.45, 7) is 5.78. The first-order chi connectivity index (χ1) is 6.43. The third-order valence-corrected chi connectivity index (χ3v) is 2.38. The summed E-state index contributed by atoms with van der Waals surface area (Å²) >= 11 is 0. The first kappa shape index (κ1) is 13.1. The molecule has 0 rings (SSSR count). The molecule has 3 heteroatoms. The van der Waals surface area contributed by atoms with Crippen LogP contribution in [0.25, 0.3) is 0 Å². The zero-order valence-corrected chi connectivity index (χ0v) is 9.25. The first-order valence-electron chi connectivity index (χ1n) is 5.18. The predicted octanol–water partition coefficient (Wildman–Crippen LogP) is 2.49. The summed E-state index contributed by atoms with van der Waals surface area (Å²) < 4.78 is 0. The standard InChI is InChI=1S/C11H20O3/c1-8(2)10(12)6-4-9(3)5-7-11(13)14/h8-9H,4-7H2,1-3H3,(H,13,14). The second kappa shape index (κ2) is 6.57. The fourth-order valence-corrected chi connectivity index (χ4v) is 1.19. The topological polar surface area (TPSA) is 54.4 Å². The van der Waals surface area contributed by atoms with E-state index in [1.807, 2.05) is 20.8 Å². The molecule has 0 heterocycles. The van der Waals surface area contributed by atoms with E-state index in [1.165, 1.54) is 0 Å². The Bertz CT molecular complexity index is 197. The normalized spacial score (nSPS) is 12.9. The van der Waals surface area contributed by atoms with Crippen LogP contribution in [0, 0.1) is 11.8 Å². The van der Waals surface area contributed by atoms with Gasteiger partial charge in [0.2, 0.25) is 0 Å². The van der Waals surface area contributed by atoms with Gasteiger partial charge in [0.05, 0.1) is 0 Å². The van der Waals surface area contributed by atoms with Crippen molar-refractivity contribution < 1.29 is 14.7 Å². The van der Waals surface area contributed by atoms with Crippen molar-refractivity contribution >= 4 is 11.8 Å². The maximum atomic E-state index is 11.3. The Labute approximate surface area is 85.5 Å². The second-order valence-corrected chi connectivity index (χ2v) is 4.20. The number of carboxylic acid groups (broad SMARTS) is 1. The van der Waals surface area contributed by atoms with E-state index in [4.69, 9.17) is 5.11 Å². The Morgan fingerprint density at radius 2 is 1.57 bits per heavy atom. The van der Waals surface area contributed by atoms with Gasteiger partial charge >= 0.3 is 5.97 Å². The molecule has 0 aliphatic carbocycles. The molecule has 3 nitrogen and oxygen atoms in total. The molecular formula is C11H20O3. The van der Waals surface area contributed by atoms with Gasteiger partial charge in [0.1, 0.15) is 5.78 Å². The number of hydrogen-bond acceptors (Lipinski definition) is 2. The summed E-state index contributed by atoms with van der Waals surface area (Å²) in [7, 11) is 0. The number of Topliss-reactive ketones (excluding diaryl/α,β-unsaturated/α-hetero) is 1. The fourth-order valence-electron chi connectivity index (χ4n) is 1.19. The number of carbonyl (C=O) groups excluding carboxylic acids is 1. The maximum absolute atomic E-state index is 11.3. The Kier molecular flexibility index (Phi) is 6.17. The van der Waals surface area contributed by atoms with Crippen LogP contribution in [0.3, 0.4) is 0 Å². The molecule has 0 saturated heterocycles. The van der Waals surface area contributed by atoms with Crippen molar-refractivity contribution in [3.8, 4) is 0 Å². The molecule has 0 spiro atoms. The molecule has 0 amide bonds. The quantitative estimate of drug-likeness (QED) is 0.687. The lowest BCUT2D eigenvalue weighted by atomic mass is 9.95. The summed E-state index contributed by atoms with van der Waals surface area (Å²) in [6, 6.07) is 0. The lowest BCUT2D eigenvalue weighted by Crippen LogP contribution is -2.09. The molecule has 1 N–H and O–H groups in total. The van der Waals surface area contributed by atoms with Crippen molar-refractivity contribution in [3.05, 3.63) is 0 Å². The zero-order valence-electron chi connectivity index (χ0n) is 9.25. The highest BCUT2D eigenvalue weighted by Crippen LogP contribution is 2.14. The van der Waals surface area contributed by atoms with Crippen molar-refractivity contribution in [2.45, 2.75) is 46.5 Å². The van der Waals surface area contributed by atoms with Gasteiger partial charge in [-0.15, -0.1) is 0 Å². The highest BCUT2D eigenvalue weighted by molar-refractivity contribution is 5.80. The smallest absolute Gasteiger partial charge is 0.303 e. The number of carbonyl (C=O) groups is 2. The number of aliphatic carboxylic acids is 1. The Balaban J connectivity index is 3.58. The molecule has 0 radical (unpaired) electrons. The highest BCUT2D eigenvalue weighted by atomic mass is 16.4. The molecule has 0 aromatic heterocycles. The van der Waals surface area contributed by atoms with Crippen LogP contribution in [0.4, 0.5) is 0 Å². The van der Waals surface area contributed by atoms with Crippen LogP contribution in [0.1, 0.15) is 46.5 Å². The molecular weight excluding hydrogens is 180 g/mol. The van der Waals surface area contributed by atoms with Gasteiger partial charge in [-0.25, -0.2) is 0 Å². The van der Waals surface area contributed by atoms with Crippen LogP contribution in [-0.4, -0.2) is 16.9 Å². The number of carboxylic acids is 1. The molecule has 0 aliphatic rings. The van der Waals surface area contributed by atoms with Crippen LogP contribution in [0.5, 0.6) is 0 Å². The summed E-state index contributed by atoms with van der Waals surface area (Å²) in [6.07, 6.45) is 2.26. The SMILES string of the molecule is CC(CCC(=O)O)CCC(=O)C(C)C. The minimum absolute atomic E-state index is 0.0988. The van der Waals surface area contributed by atoms with Crippen molar-refractivity contribution in [3.63, 3.8) is 0 Å². The lowest BCUT2D eigenvalue weighted by Gasteiger charge is -2.10. The van der Waals surface area contributed by atoms with E-state index in [0.29, 0.717) is 18.8 Å². The Morgan fingerprint density at radius 3 is 2.00 bits per heavy atom. The molecule has 0 saturated carbocycles. The van der Waals surface area contributed by atoms with E-state index >= 15 is 0 Å². The minimum atomic E-state index is -0.757. The first-order valence-corrected chi connectivity index (χ1v) is 5.18. The van der Waals surface area contributed by atoms with Gasteiger partial charge in [-0.3, -0.25) is 9.59 Å². The maximum Gasteiger partial charge on any atom is 0.303 e. The third-order valence-electron chi connectivity index (χ3n) is 2.38. The van der Waals surface area contributed by atoms with Gasteiger partial charge in [-0.2, -0.15) is 0 Å². The molecule has 1 unspecified atom stereocenters. The largest absolute Gasteiger partial charge is 0.481 e. The average molecular weight is 200 g/mol. The molecule has 14 heavy (non-hydrogen) atoms. The van der Waals surface area contributed by atoms with Gasteiger partial charge in [-0.05, 0) is 18.8 Å². The van der Waals surface area contributed by atoms with Crippen LogP contribution in [0.2, 0.25) is 0 Å². The van der Waals surface area contributed by atoms with E-state index in [0.717, 1.165) is 6.42 Å². The molecule has 0 aromatic carbocycles. The van der Waals surface area contributed by atoms with Crippen molar-refractivity contribution in [1.82, 2.24) is 0 Å². The van der Waals surface area contributed by atoms with E-state index < -0.39 is 5.97 Å². The fraction of sp³-hybridized carbons (Fsp3) is 0.818. The van der Waals surface area contributed by atoms with Crippen molar-refractivity contribution in [1.29, 1.82) is 0 Å². The summed E-state index contributed by atoms with van der Waals surface area (Å²) in [4.78, 5) is 21.6. The van der Waals surface area contributed by atoms with Gasteiger partial charge in [0, 0.05) is 18.8 Å². The molecule has 0 aromatic rings. The van der Waals surface area contributed by atoms with Crippen molar-refractivity contribution in [2.24, 2.45) is 11.8 Å². The summed E-state index contributed by atoms with van der Waals surface area (Å²) in [5, 5.41) is 8.46. The van der Waals surface area contributed by atoms with Crippen LogP contribution < -0.4 is 0 Å². The van der Waals surface area contributed by atoms with Crippen LogP contribution in [0.15, 0.2) is 0 Å². The molecule has 0 bridgehead atoms. The highest BCUT2D eigenvalue weighted by Gasteiger charge is 2.10. The van der Waals surface area contributed by atoms with Crippen LogP contribution >= 0.6 is 0 Å². The monoisotopic (exact) mass is 200 g/mol. The average Bonchev–Trinajstić information content (AvgIpc) is 2.10. The van der Waals surface area contributed by atoms with E-state index in [1.54, 1.807) is 0 Å². The molecule has 1 atom stereocenters. The summed E-state index contributed by atoms with van der Waals surface area (Å²) in [5.74, 6) is -0.0605. The van der Waals surface area contributed by atoms with E-state index in [9.17, 15) is 9.59 Å². The van der Waals surface area contributed by atoms with Gasteiger partial charge in [0.25, 0.3) is 0 Å². The van der Waals surface area contributed by atoms with E-state index in [2.05, 4.69) is 0 Å². The Hall–Kier alpha value is -0.860. The van der Waals surface area contributed by atoms with Gasteiger partial charge in [-0.1, -0.05) is 20.8 Å². The number of hydrogen-bond donors (Lipinski definition) is 1. The van der Waals surface area contributed by atoms with E-state index in [-0.39, 0.29) is 18.1 Å². The Morgan fingerprint density at radius 1 is 1.07 bits per heavy atom. The second-order valence-electron chi connectivity index (χ2n) is 4.20. The number of ketones is 1. The minimum Gasteiger partial charge on any atom is -0.481 e. The molecule has 0 fully saturated rings. The lowest BCUT2D eigenvalue weighted by molar-refractivity contribution is -0.137. The van der Waals surface area contributed by atoms with Crippen molar-refractivity contribution in [2.75, 3.05) is 0 Å². The number of rotatable bonds is 7.